The van der Waals surface area contributed by atoms with E-state index in [0.29, 0.717) is 5.52 Å². The number of fused-ring (bicyclic) bond motifs is 1. The van der Waals surface area contributed by atoms with Crippen molar-refractivity contribution < 1.29 is 28.9 Å². The van der Waals surface area contributed by atoms with Crippen molar-refractivity contribution in [2.45, 2.75) is 75.9 Å². The van der Waals surface area contributed by atoms with Crippen LogP contribution in [-0.4, -0.2) is 70.7 Å². The van der Waals surface area contributed by atoms with E-state index in [2.05, 4.69) is 73.4 Å². The number of aromatic nitrogens is 3. The van der Waals surface area contributed by atoms with Gasteiger partial charge in [0.2, 0.25) is 5.60 Å². The van der Waals surface area contributed by atoms with Crippen LogP contribution in [0.4, 0.5) is 10.6 Å². The number of amides is 1. The van der Waals surface area contributed by atoms with Crippen LogP contribution in [0.15, 0.2) is 79.1 Å². The molecule has 0 bridgehead atoms. The standard InChI is InChI=1S/C34H41N5O6Si/c1-5-6-13-20-43-32(42)38-31-26-18-19-28(39(26)37-23-36-31)34(22-35)30(41)29(40)27(45-34)21-44-46(33(2,3)4,24-14-9-7-10-15-24)25-16-11-8-12-17-25/h7-12,14-19,23,27,29-30,40-41H,5-6,13,20-21H2,1-4H3,(H,36,37,38,42)/t27-,29-,30-,34+/m1/s1. The van der Waals surface area contributed by atoms with E-state index in [-0.39, 0.29) is 29.8 Å². The van der Waals surface area contributed by atoms with Crippen molar-refractivity contribution in [1.82, 2.24) is 14.6 Å². The number of nitrogens with one attached hydrogen (secondary N) is 1. The lowest BCUT2D eigenvalue weighted by Crippen LogP contribution is -2.67. The number of aliphatic hydroxyl groups excluding tert-OH is 2. The summed E-state index contributed by atoms with van der Waals surface area (Å²) < 4.78 is 19.9. The molecule has 2 aromatic heterocycles. The fourth-order valence-corrected chi connectivity index (χ4v) is 10.8. The minimum atomic E-state index is -3.01. The largest absolute Gasteiger partial charge is 0.449 e. The van der Waals surface area contributed by atoms with Crippen LogP contribution in [0.3, 0.4) is 0 Å². The van der Waals surface area contributed by atoms with Gasteiger partial charge >= 0.3 is 6.09 Å². The molecule has 242 valence electrons. The number of anilines is 1. The first-order valence-corrected chi connectivity index (χ1v) is 17.5. The van der Waals surface area contributed by atoms with Crippen molar-refractivity contribution in [3.63, 3.8) is 0 Å². The number of unbranched alkanes of at least 4 members (excludes halogenated alkanes) is 2. The summed E-state index contributed by atoms with van der Waals surface area (Å²) >= 11 is 0. The lowest BCUT2D eigenvalue weighted by Gasteiger charge is -2.43. The molecule has 11 nitrogen and oxygen atoms in total. The second kappa shape index (κ2) is 13.7. The van der Waals surface area contributed by atoms with Gasteiger partial charge in [-0.15, -0.1) is 0 Å². The van der Waals surface area contributed by atoms with E-state index in [4.69, 9.17) is 13.9 Å². The highest BCUT2D eigenvalue weighted by Gasteiger charge is 2.59. The average molecular weight is 644 g/mol. The summed E-state index contributed by atoms with van der Waals surface area (Å²) in [6.07, 6.45) is -0.861. The average Bonchev–Trinajstić information content (AvgIpc) is 3.60. The van der Waals surface area contributed by atoms with Crippen molar-refractivity contribution in [2.75, 3.05) is 18.5 Å². The van der Waals surface area contributed by atoms with E-state index < -0.39 is 38.3 Å². The number of hydrogen-bond acceptors (Lipinski definition) is 9. The summed E-state index contributed by atoms with van der Waals surface area (Å²) in [5.74, 6) is 0.162. The van der Waals surface area contributed by atoms with Gasteiger partial charge in [-0.3, -0.25) is 5.32 Å². The lowest BCUT2D eigenvalue weighted by molar-refractivity contribution is -0.0622. The van der Waals surface area contributed by atoms with E-state index in [1.54, 1.807) is 12.1 Å². The van der Waals surface area contributed by atoms with Crippen molar-refractivity contribution in [2.24, 2.45) is 0 Å². The highest BCUT2D eigenvalue weighted by molar-refractivity contribution is 6.99. The summed E-state index contributed by atoms with van der Waals surface area (Å²) in [6.45, 7) is 8.67. The molecule has 3 N–H and O–H groups in total. The third kappa shape index (κ3) is 6.04. The van der Waals surface area contributed by atoms with Gasteiger partial charge in [-0.05, 0) is 34.0 Å². The second-order valence-electron chi connectivity index (χ2n) is 12.5. The highest BCUT2D eigenvalue weighted by Crippen LogP contribution is 2.42. The fraction of sp³-hybridized carbons (Fsp3) is 0.412. The quantitative estimate of drug-likeness (QED) is 0.163. The van der Waals surface area contributed by atoms with Crippen molar-refractivity contribution in [3.8, 4) is 6.07 Å². The van der Waals surface area contributed by atoms with Crippen LogP contribution >= 0.6 is 0 Å². The van der Waals surface area contributed by atoms with E-state index in [9.17, 15) is 20.3 Å². The zero-order valence-electron chi connectivity index (χ0n) is 26.6. The van der Waals surface area contributed by atoms with Gasteiger partial charge in [0.1, 0.15) is 36.2 Å². The third-order valence-corrected chi connectivity index (χ3v) is 13.5. The van der Waals surface area contributed by atoms with Crippen LogP contribution in [0, 0.1) is 11.3 Å². The molecule has 2 aromatic carbocycles. The van der Waals surface area contributed by atoms with Crippen LogP contribution < -0.4 is 15.7 Å². The highest BCUT2D eigenvalue weighted by atomic mass is 28.4. The number of hydrogen-bond donors (Lipinski definition) is 3. The molecular formula is C34H41N5O6Si. The van der Waals surface area contributed by atoms with Gasteiger partial charge in [0.25, 0.3) is 8.32 Å². The summed E-state index contributed by atoms with van der Waals surface area (Å²) in [7, 11) is -3.01. The number of carbonyl (C=O) groups is 1. The van der Waals surface area contributed by atoms with E-state index in [1.165, 1.54) is 10.8 Å². The first kappa shape index (κ1) is 33.2. The van der Waals surface area contributed by atoms with E-state index in [1.807, 2.05) is 36.4 Å². The molecule has 5 rings (SSSR count). The molecule has 1 fully saturated rings. The molecule has 0 radical (unpaired) electrons. The minimum Gasteiger partial charge on any atom is -0.449 e. The molecule has 0 spiro atoms. The van der Waals surface area contributed by atoms with Crippen LogP contribution in [0.25, 0.3) is 5.52 Å². The zero-order valence-corrected chi connectivity index (χ0v) is 27.6. The first-order chi connectivity index (χ1) is 22.1. The van der Waals surface area contributed by atoms with E-state index >= 15 is 0 Å². The molecule has 1 amide bonds. The van der Waals surface area contributed by atoms with Gasteiger partial charge in [-0.25, -0.2) is 14.3 Å². The molecule has 12 heteroatoms. The minimum absolute atomic E-state index is 0.0795. The first-order valence-electron chi connectivity index (χ1n) is 15.6. The molecule has 1 aliphatic heterocycles. The Morgan fingerprint density at radius 2 is 1.72 bits per heavy atom. The molecule has 0 aliphatic carbocycles. The Labute approximate surface area is 269 Å². The summed E-state index contributed by atoms with van der Waals surface area (Å²) in [4.78, 5) is 16.6. The Balaban J connectivity index is 1.44. The van der Waals surface area contributed by atoms with Crippen molar-refractivity contribution in [3.05, 3.63) is 84.8 Å². The number of nitrogens with zero attached hydrogens (tertiary/aromatic N) is 4. The molecule has 46 heavy (non-hydrogen) atoms. The Kier molecular flexibility index (Phi) is 9.90. The Morgan fingerprint density at radius 3 is 2.30 bits per heavy atom. The SMILES string of the molecule is CCCCCOC(=O)Nc1ncnn2c([C@]3(C#N)O[C@H](CO[Si](c4ccccc4)(c4ccccc4)C(C)(C)C)[C@@H](O)[C@H]3O)ccc12. The van der Waals surface area contributed by atoms with Gasteiger partial charge in [0, 0.05) is 0 Å². The Hall–Kier alpha value is -4.12. The molecule has 0 saturated carbocycles. The van der Waals surface area contributed by atoms with Crippen LogP contribution in [-0.2, 0) is 19.5 Å². The molecule has 1 aliphatic rings. The number of carbonyl (C=O) groups excluding carboxylic acids is 1. The topological polar surface area (TPSA) is 151 Å². The molecule has 1 saturated heterocycles. The third-order valence-electron chi connectivity index (χ3n) is 8.54. The summed E-state index contributed by atoms with van der Waals surface area (Å²) in [5.41, 5.74) is -1.46. The number of benzene rings is 2. The lowest BCUT2D eigenvalue weighted by atomic mass is 9.92. The van der Waals surface area contributed by atoms with Gasteiger partial charge in [0.05, 0.1) is 18.9 Å². The predicted molar refractivity (Wildman–Crippen MR) is 175 cm³/mol. The predicted octanol–water partition coefficient (Wildman–Crippen LogP) is 3.88. The molecule has 4 aromatic rings. The van der Waals surface area contributed by atoms with Crippen molar-refractivity contribution in [1.29, 1.82) is 5.26 Å². The second-order valence-corrected chi connectivity index (χ2v) is 16.8. The van der Waals surface area contributed by atoms with Gasteiger partial charge < -0.3 is 24.1 Å². The van der Waals surface area contributed by atoms with Gasteiger partial charge in [-0.2, -0.15) is 10.4 Å². The monoisotopic (exact) mass is 643 g/mol. The molecular weight excluding hydrogens is 602 g/mol. The number of nitriles is 1. The maximum atomic E-state index is 12.4. The van der Waals surface area contributed by atoms with Crippen LogP contribution in [0.2, 0.25) is 5.04 Å². The number of rotatable bonds is 11. The Morgan fingerprint density at radius 1 is 1.07 bits per heavy atom. The van der Waals surface area contributed by atoms with Crippen LogP contribution in [0.1, 0.15) is 52.7 Å². The molecule has 3 heterocycles. The zero-order chi connectivity index (χ0) is 33.0. The smallest absolute Gasteiger partial charge is 0.412 e. The van der Waals surface area contributed by atoms with E-state index in [0.717, 1.165) is 29.6 Å². The molecule has 0 unspecified atom stereocenters. The van der Waals surface area contributed by atoms with Gasteiger partial charge in [-0.1, -0.05) is 101 Å². The van der Waals surface area contributed by atoms with Crippen LogP contribution in [0.5, 0.6) is 0 Å². The molecule has 4 atom stereocenters. The summed E-state index contributed by atoms with van der Waals surface area (Å²) in [6, 6.07) is 25.4. The van der Waals surface area contributed by atoms with Crippen molar-refractivity contribution >= 4 is 36.1 Å². The summed E-state index contributed by atoms with van der Waals surface area (Å²) in [5, 5.41) is 41.9. The normalized spacial score (nSPS) is 21.6. The fourth-order valence-electron chi connectivity index (χ4n) is 6.25. The maximum absolute atomic E-state index is 12.4. The Bertz CT molecular complexity index is 1630. The maximum Gasteiger partial charge on any atom is 0.412 e. The number of ether oxygens (including phenoxy) is 2. The number of aliphatic hydroxyl groups is 2. The van der Waals surface area contributed by atoms with Gasteiger partial charge in [0.15, 0.2) is 5.82 Å².